The predicted molar refractivity (Wildman–Crippen MR) is 207 cm³/mol. The lowest BCUT2D eigenvalue weighted by atomic mass is 10.1. The Hall–Kier alpha value is -2.75. The molecule has 0 aromatic carbocycles. The third kappa shape index (κ3) is 37.0. The van der Waals surface area contributed by atoms with E-state index in [2.05, 4.69) is 61.2 Å². The molecule has 0 heterocycles. The Morgan fingerprint density at radius 1 is 0.596 bits per heavy atom. The second-order valence-corrected chi connectivity index (χ2v) is 15.5. The van der Waals surface area contributed by atoms with Gasteiger partial charge in [0.25, 0.3) is 7.82 Å². The van der Waals surface area contributed by atoms with Gasteiger partial charge in [0.1, 0.15) is 19.8 Å². The monoisotopic (exact) mass is 745 g/mol. The summed E-state index contributed by atoms with van der Waals surface area (Å²) in [5.41, 5.74) is 0. The van der Waals surface area contributed by atoms with Gasteiger partial charge in [-0.15, -0.1) is 0 Å². The molecule has 0 aliphatic rings. The Morgan fingerprint density at radius 3 is 1.48 bits per heavy atom. The summed E-state index contributed by atoms with van der Waals surface area (Å²) in [5, 5.41) is 0. The van der Waals surface area contributed by atoms with Gasteiger partial charge in [0.15, 0.2) is 6.10 Å². The molecule has 10 heteroatoms. The summed E-state index contributed by atoms with van der Waals surface area (Å²) in [7, 11) is 1.10. The molecule has 0 aliphatic carbocycles. The van der Waals surface area contributed by atoms with E-state index in [-0.39, 0.29) is 26.1 Å². The fourth-order valence-electron chi connectivity index (χ4n) is 4.59. The van der Waals surface area contributed by atoms with Crippen molar-refractivity contribution in [3.8, 4) is 47.4 Å². The quantitative estimate of drug-likeness (QED) is 0.0238. The lowest BCUT2D eigenvalue weighted by Crippen LogP contribution is -2.37. The van der Waals surface area contributed by atoms with Gasteiger partial charge in [0, 0.05) is 38.5 Å². The third-order valence-corrected chi connectivity index (χ3v) is 8.78. The van der Waals surface area contributed by atoms with Crippen molar-refractivity contribution in [2.24, 2.45) is 0 Å². The number of rotatable bonds is 30. The molecule has 0 saturated heterocycles. The highest BCUT2D eigenvalue weighted by Gasteiger charge is 2.21. The number of hydrogen-bond acceptors (Lipinski definition) is 8. The van der Waals surface area contributed by atoms with Gasteiger partial charge in [0.05, 0.1) is 27.7 Å². The number of phosphoric ester groups is 1. The first kappa shape index (κ1) is 49.2. The average molecular weight is 746 g/mol. The van der Waals surface area contributed by atoms with Crippen molar-refractivity contribution in [3.63, 3.8) is 0 Å². The van der Waals surface area contributed by atoms with Crippen LogP contribution in [0.3, 0.4) is 0 Å². The first-order chi connectivity index (χ1) is 25.0. The average Bonchev–Trinajstić information content (AvgIpc) is 3.09. The lowest BCUT2D eigenvalue weighted by molar-refractivity contribution is -0.870. The second kappa shape index (κ2) is 34.0. The van der Waals surface area contributed by atoms with Gasteiger partial charge < -0.3 is 27.9 Å². The van der Waals surface area contributed by atoms with Crippen LogP contribution in [0.15, 0.2) is 0 Å². The van der Waals surface area contributed by atoms with Gasteiger partial charge in [0.2, 0.25) is 0 Å². The van der Waals surface area contributed by atoms with E-state index in [0.29, 0.717) is 23.9 Å². The van der Waals surface area contributed by atoms with Gasteiger partial charge in [-0.1, -0.05) is 102 Å². The van der Waals surface area contributed by atoms with Crippen LogP contribution in [0.25, 0.3) is 0 Å². The van der Waals surface area contributed by atoms with Crippen LogP contribution in [0, 0.1) is 47.4 Å². The molecule has 2 atom stereocenters. The molecular formula is C42H68NO8P. The molecular weight excluding hydrogens is 677 g/mol. The van der Waals surface area contributed by atoms with E-state index in [9.17, 15) is 19.0 Å². The minimum absolute atomic E-state index is 0.0482. The fourth-order valence-corrected chi connectivity index (χ4v) is 5.32. The Balaban J connectivity index is 4.50. The van der Waals surface area contributed by atoms with Gasteiger partial charge in [-0.05, 0) is 62.2 Å². The summed E-state index contributed by atoms with van der Waals surface area (Å²) in [5.74, 6) is 23.1. The summed E-state index contributed by atoms with van der Waals surface area (Å²) >= 11 is 0. The largest absolute Gasteiger partial charge is 0.756 e. The number of likely N-dealkylation sites (N-methyl/N-ethyl adjacent to an activating group) is 1. The molecule has 294 valence electrons. The number of nitrogens with zero attached hydrogens (tertiary/aromatic N) is 1. The molecule has 0 aliphatic heterocycles. The van der Waals surface area contributed by atoms with Crippen molar-refractivity contribution in [3.05, 3.63) is 0 Å². The molecule has 0 amide bonds. The molecule has 9 nitrogen and oxygen atoms in total. The Morgan fingerprint density at radius 2 is 1.02 bits per heavy atom. The van der Waals surface area contributed by atoms with Crippen molar-refractivity contribution >= 4 is 19.8 Å². The molecule has 0 saturated carbocycles. The molecule has 1 unspecified atom stereocenters. The second-order valence-electron chi connectivity index (χ2n) is 14.0. The molecule has 0 bridgehead atoms. The number of unbranched alkanes of at least 4 members (excludes halogenated alkanes) is 16. The molecule has 0 aromatic heterocycles. The number of carbonyl (C=O) groups is 2. The molecule has 0 spiro atoms. The number of carbonyl (C=O) groups excluding carboxylic acids is 2. The van der Waals surface area contributed by atoms with E-state index in [1.807, 2.05) is 21.1 Å². The molecule has 0 radical (unpaired) electrons. The zero-order valence-electron chi connectivity index (χ0n) is 33.1. The summed E-state index contributed by atoms with van der Waals surface area (Å²) in [6.07, 6.45) is 18.9. The first-order valence-electron chi connectivity index (χ1n) is 19.7. The Bertz CT molecular complexity index is 1250. The van der Waals surface area contributed by atoms with Crippen LogP contribution in [0.4, 0.5) is 0 Å². The highest BCUT2D eigenvalue weighted by Crippen LogP contribution is 2.38. The van der Waals surface area contributed by atoms with E-state index in [1.165, 1.54) is 0 Å². The highest BCUT2D eigenvalue weighted by atomic mass is 31.2. The standard InChI is InChI=1S/C42H68NO8P/c1-6-8-10-12-14-16-18-20-22-24-26-28-30-32-34-41(44)48-38-40(39-50-52(46,47)49-37-36-43(3,4)5)51-42(45)35-33-31-29-27-25-23-21-19-17-15-13-11-9-7-2/h40H,6-11,20-39H2,1-5H3/t40-/m1/s1. The van der Waals surface area contributed by atoms with Gasteiger partial charge in [-0.2, -0.15) is 0 Å². The topological polar surface area (TPSA) is 111 Å². The Labute approximate surface area is 317 Å². The van der Waals surface area contributed by atoms with E-state index < -0.39 is 32.5 Å². The SMILES string of the molecule is CCCCC#CC#CCCCCCCCCC(=O)OC[C@H](COP(=O)([O-])OCC[N+](C)(C)C)OC(=O)CCCCCCCCC#CC#CCCCC. The number of esters is 2. The van der Waals surface area contributed by atoms with Crippen molar-refractivity contribution in [2.45, 2.75) is 161 Å². The van der Waals surface area contributed by atoms with Crippen LogP contribution in [-0.2, 0) is 32.7 Å². The van der Waals surface area contributed by atoms with Gasteiger partial charge in [-0.25, -0.2) is 0 Å². The van der Waals surface area contributed by atoms with Crippen molar-refractivity contribution in [1.29, 1.82) is 0 Å². The maximum absolute atomic E-state index is 12.6. The number of hydrogen-bond donors (Lipinski definition) is 0. The summed E-state index contributed by atoms with van der Waals surface area (Å²) in [4.78, 5) is 37.4. The normalized spacial score (nSPS) is 12.3. The van der Waals surface area contributed by atoms with Gasteiger partial charge in [-0.3, -0.25) is 14.2 Å². The van der Waals surface area contributed by atoms with Crippen LogP contribution in [0.5, 0.6) is 0 Å². The minimum Gasteiger partial charge on any atom is -0.756 e. The van der Waals surface area contributed by atoms with E-state index in [0.717, 1.165) is 116 Å². The summed E-state index contributed by atoms with van der Waals surface area (Å²) in [6, 6.07) is 0. The fraction of sp³-hybridized carbons (Fsp3) is 0.762. The highest BCUT2D eigenvalue weighted by molar-refractivity contribution is 7.45. The Kier molecular flexibility index (Phi) is 32.2. The van der Waals surface area contributed by atoms with Crippen molar-refractivity contribution in [2.75, 3.05) is 47.5 Å². The van der Waals surface area contributed by atoms with Crippen LogP contribution in [-0.4, -0.2) is 70.0 Å². The molecule has 0 rings (SSSR count). The van der Waals surface area contributed by atoms with Crippen molar-refractivity contribution < 1.29 is 42.1 Å². The lowest BCUT2D eigenvalue weighted by Gasteiger charge is -2.28. The van der Waals surface area contributed by atoms with Crippen LogP contribution in [0.1, 0.15) is 155 Å². The van der Waals surface area contributed by atoms with E-state index in [4.69, 9.17) is 18.5 Å². The minimum atomic E-state index is -4.64. The number of quaternary nitrogens is 1. The maximum atomic E-state index is 12.6. The molecule has 0 fully saturated rings. The maximum Gasteiger partial charge on any atom is 0.306 e. The molecule has 0 aromatic rings. The van der Waals surface area contributed by atoms with Crippen LogP contribution in [0.2, 0.25) is 0 Å². The summed E-state index contributed by atoms with van der Waals surface area (Å²) < 4.78 is 33.7. The van der Waals surface area contributed by atoms with E-state index in [1.54, 1.807) is 0 Å². The van der Waals surface area contributed by atoms with E-state index >= 15 is 0 Å². The zero-order chi connectivity index (χ0) is 38.6. The summed E-state index contributed by atoms with van der Waals surface area (Å²) in [6.45, 7) is 3.92. The van der Waals surface area contributed by atoms with Gasteiger partial charge >= 0.3 is 11.9 Å². The van der Waals surface area contributed by atoms with Crippen LogP contribution >= 0.6 is 7.82 Å². The molecule has 52 heavy (non-hydrogen) atoms. The zero-order valence-corrected chi connectivity index (χ0v) is 34.0. The molecule has 0 N–H and O–H groups in total. The van der Waals surface area contributed by atoms with Crippen LogP contribution < -0.4 is 4.89 Å². The number of phosphoric acid groups is 1. The first-order valence-corrected chi connectivity index (χ1v) is 21.1. The van der Waals surface area contributed by atoms with Crippen molar-refractivity contribution in [1.82, 2.24) is 0 Å². The predicted octanol–water partition coefficient (Wildman–Crippen LogP) is 8.28. The number of ether oxygens (including phenoxy) is 2. The smallest absolute Gasteiger partial charge is 0.306 e. The third-order valence-electron chi connectivity index (χ3n) is 7.81.